The van der Waals surface area contributed by atoms with Crippen molar-refractivity contribution in [2.45, 2.75) is 19.4 Å². The Morgan fingerprint density at radius 3 is 2.85 bits per heavy atom. The molecule has 1 aromatic carbocycles. The highest BCUT2D eigenvalue weighted by Gasteiger charge is 2.15. The molecule has 0 spiro atoms. The SMILES string of the molecule is NCc1cc(OCC2CCOCC2)nc2ccccc12. The molecular weight excluding hydrogens is 252 g/mol. The van der Waals surface area contributed by atoms with Crippen molar-refractivity contribution < 1.29 is 9.47 Å². The van der Waals surface area contributed by atoms with Gasteiger partial charge in [-0.15, -0.1) is 0 Å². The molecule has 0 amide bonds. The van der Waals surface area contributed by atoms with Crippen molar-refractivity contribution in [2.75, 3.05) is 19.8 Å². The summed E-state index contributed by atoms with van der Waals surface area (Å²) in [6.07, 6.45) is 2.13. The maximum absolute atomic E-state index is 5.87. The lowest BCUT2D eigenvalue weighted by molar-refractivity contribution is 0.0491. The van der Waals surface area contributed by atoms with Crippen LogP contribution in [0.4, 0.5) is 0 Å². The fourth-order valence-corrected chi connectivity index (χ4v) is 2.58. The number of nitrogens with two attached hydrogens (primary N) is 1. The average molecular weight is 272 g/mol. The summed E-state index contributed by atoms with van der Waals surface area (Å²) in [5.74, 6) is 1.24. The van der Waals surface area contributed by atoms with E-state index in [1.54, 1.807) is 0 Å². The van der Waals surface area contributed by atoms with E-state index < -0.39 is 0 Å². The molecule has 0 atom stereocenters. The van der Waals surface area contributed by atoms with Crippen molar-refractivity contribution in [2.24, 2.45) is 11.7 Å². The summed E-state index contributed by atoms with van der Waals surface area (Å²) in [7, 11) is 0. The number of nitrogens with zero attached hydrogens (tertiary/aromatic N) is 1. The van der Waals surface area contributed by atoms with E-state index in [4.69, 9.17) is 15.2 Å². The molecule has 4 heteroatoms. The molecular formula is C16H20N2O2. The van der Waals surface area contributed by atoms with Gasteiger partial charge in [-0.25, -0.2) is 4.98 Å². The summed E-state index contributed by atoms with van der Waals surface area (Å²) >= 11 is 0. The molecule has 0 radical (unpaired) electrons. The van der Waals surface area contributed by atoms with Gasteiger partial charge in [0, 0.05) is 31.2 Å². The summed E-state index contributed by atoms with van der Waals surface area (Å²) in [6.45, 7) is 2.88. The molecule has 106 valence electrons. The van der Waals surface area contributed by atoms with Gasteiger partial charge in [-0.05, 0) is 30.4 Å². The molecule has 1 aliphatic rings. The van der Waals surface area contributed by atoms with Crippen LogP contribution >= 0.6 is 0 Å². The lowest BCUT2D eigenvalue weighted by atomic mass is 10.0. The van der Waals surface area contributed by atoms with E-state index in [-0.39, 0.29) is 0 Å². The Kier molecular flexibility index (Phi) is 4.14. The van der Waals surface area contributed by atoms with Crippen LogP contribution in [0.25, 0.3) is 10.9 Å². The second kappa shape index (κ2) is 6.20. The number of pyridine rings is 1. The minimum absolute atomic E-state index is 0.497. The van der Waals surface area contributed by atoms with Crippen LogP contribution in [-0.4, -0.2) is 24.8 Å². The van der Waals surface area contributed by atoms with Gasteiger partial charge < -0.3 is 15.2 Å². The molecule has 0 bridgehead atoms. The zero-order valence-electron chi connectivity index (χ0n) is 11.5. The van der Waals surface area contributed by atoms with Crippen LogP contribution in [0.1, 0.15) is 18.4 Å². The lowest BCUT2D eigenvalue weighted by Gasteiger charge is -2.22. The lowest BCUT2D eigenvalue weighted by Crippen LogP contribution is -2.21. The first-order valence-corrected chi connectivity index (χ1v) is 7.16. The fraction of sp³-hybridized carbons (Fsp3) is 0.438. The van der Waals surface area contributed by atoms with Crippen molar-refractivity contribution in [3.05, 3.63) is 35.9 Å². The molecule has 0 aliphatic carbocycles. The quantitative estimate of drug-likeness (QED) is 0.929. The topological polar surface area (TPSA) is 57.4 Å². The van der Waals surface area contributed by atoms with Gasteiger partial charge in [0.1, 0.15) is 0 Å². The number of fused-ring (bicyclic) bond motifs is 1. The standard InChI is InChI=1S/C16H20N2O2/c17-10-13-9-16(18-15-4-2-1-3-14(13)15)20-11-12-5-7-19-8-6-12/h1-4,9,12H,5-8,10-11,17H2. The third-order valence-electron chi connectivity index (χ3n) is 3.81. The molecule has 2 aromatic rings. The van der Waals surface area contributed by atoms with Crippen LogP contribution in [0.5, 0.6) is 5.88 Å². The number of para-hydroxylation sites is 1. The molecule has 1 aliphatic heterocycles. The van der Waals surface area contributed by atoms with E-state index in [1.807, 2.05) is 30.3 Å². The minimum Gasteiger partial charge on any atom is -0.477 e. The van der Waals surface area contributed by atoms with E-state index >= 15 is 0 Å². The first kappa shape index (κ1) is 13.3. The normalized spacial score (nSPS) is 16.4. The third kappa shape index (κ3) is 2.92. The van der Waals surface area contributed by atoms with E-state index in [1.165, 1.54) is 0 Å². The molecule has 20 heavy (non-hydrogen) atoms. The summed E-state index contributed by atoms with van der Waals surface area (Å²) in [5.41, 5.74) is 7.85. The molecule has 2 heterocycles. The Hall–Kier alpha value is -1.65. The van der Waals surface area contributed by atoms with Gasteiger partial charge in [-0.3, -0.25) is 0 Å². The van der Waals surface area contributed by atoms with Crippen LogP contribution < -0.4 is 10.5 Å². The predicted molar refractivity (Wildman–Crippen MR) is 78.7 cm³/mol. The van der Waals surface area contributed by atoms with Crippen molar-refractivity contribution in [1.29, 1.82) is 0 Å². The number of rotatable bonds is 4. The molecule has 4 nitrogen and oxygen atoms in total. The molecule has 1 fully saturated rings. The van der Waals surface area contributed by atoms with Crippen molar-refractivity contribution in [3.63, 3.8) is 0 Å². The number of benzene rings is 1. The van der Waals surface area contributed by atoms with Gasteiger partial charge in [-0.1, -0.05) is 18.2 Å². The van der Waals surface area contributed by atoms with Crippen molar-refractivity contribution >= 4 is 10.9 Å². The maximum Gasteiger partial charge on any atom is 0.214 e. The van der Waals surface area contributed by atoms with Crippen LogP contribution in [-0.2, 0) is 11.3 Å². The molecule has 2 N–H and O–H groups in total. The summed E-state index contributed by atoms with van der Waals surface area (Å²) < 4.78 is 11.2. The highest BCUT2D eigenvalue weighted by Crippen LogP contribution is 2.23. The Morgan fingerprint density at radius 2 is 2.05 bits per heavy atom. The third-order valence-corrected chi connectivity index (χ3v) is 3.81. The molecule has 1 saturated heterocycles. The molecule has 0 unspecified atom stereocenters. The zero-order chi connectivity index (χ0) is 13.8. The van der Waals surface area contributed by atoms with Gasteiger partial charge >= 0.3 is 0 Å². The monoisotopic (exact) mass is 272 g/mol. The van der Waals surface area contributed by atoms with Crippen LogP contribution in [0.3, 0.4) is 0 Å². The second-order valence-corrected chi connectivity index (χ2v) is 5.21. The van der Waals surface area contributed by atoms with Crippen LogP contribution in [0, 0.1) is 5.92 Å². The largest absolute Gasteiger partial charge is 0.477 e. The molecule has 0 saturated carbocycles. The Labute approximate surface area is 118 Å². The van der Waals surface area contributed by atoms with Gasteiger partial charge in [0.05, 0.1) is 12.1 Å². The maximum atomic E-state index is 5.87. The van der Waals surface area contributed by atoms with Crippen LogP contribution in [0.2, 0.25) is 0 Å². The molecule has 1 aromatic heterocycles. The second-order valence-electron chi connectivity index (χ2n) is 5.21. The fourth-order valence-electron chi connectivity index (χ4n) is 2.58. The minimum atomic E-state index is 0.497. The Morgan fingerprint density at radius 1 is 1.25 bits per heavy atom. The summed E-state index contributed by atoms with van der Waals surface area (Å²) in [4.78, 5) is 4.56. The first-order chi connectivity index (χ1) is 9.86. The van der Waals surface area contributed by atoms with E-state index in [9.17, 15) is 0 Å². The van der Waals surface area contributed by atoms with E-state index in [0.717, 1.165) is 42.5 Å². The smallest absolute Gasteiger partial charge is 0.214 e. The highest BCUT2D eigenvalue weighted by molar-refractivity contribution is 5.82. The average Bonchev–Trinajstić information content (AvgIpc) is 2.53. The first-order valence-electron chi connectivity index (χ1n) is 7.16. The van der Waals surface area contributed by atoms with Gasteiger partial charge in [0.15, 0.2) is 0 Å². The number of hydrogen-bond donors (Lipinski definition) is 1. The van der Waals surface area contributed by atoms with Gasteiger partial charge in [-0.2, -0.15) is 0 Å². The van der Waals surface area contributed by atoms with Crippen molar-refractivity contribution in [1.82, 2.24) is 4.98 Å². The Bertz CT molecular complexity index is 580. The number of hydrogen-bond acceptors (Lipinski definition) is 4. The summed E-state index contributed by atoms with van der Waals surface area (Å²) in [6, 6.07) is 9.99. The number of aromatic nitrogens is 1. The highest BCUT2D eigenvalue weighted by atomic mass is 16.5. The summed E-state index contributed by atoms with van der Waals surface area (Å²) in [5, 5.41) is 1.11. The van der Waals surface area contributed by atoms with Crippen LogP contribution in [0.15, 0.2) is 30.3 Å². The van der Waals surface area contributed by atoms with Gasteiger partial charge in [0.2, 0.25) is 5.88 Å². The van der Waals surface area contributed by atoms with E-state index in [2.05, 4.69) is 4.98 Å². The predicted octanol–water partition coefficient (Wildman–Crippen LogP) is 2.50. The molecule has 3 rings (SSSR count). The van der Waals surface area contributed by atoms with E-state index in [0.29, 0.717) is 24.9 Å². The Balaban J connectivity index is 1.77. The number of ether oxygens (including phenoxy) is 2. The van der Waals surface area contributed by atoms with Gasteiger partial charge in [0.25, 0.3) is 0 Å². The van der Waals surface area contributed by atoms with Crippen molar-refractivity contribution in [3.8, 4) is 5.88 Å². The zero-order valence-corrected chi connectivity index (χ0v) is 11.5.